The monoisotopic (exact) mass is 258 g/mol. The van der Waals surface area contributed by atoms with Crippen LogP contribution in [0.3, 0.4) is 0 Å². The molecule has 4 nitrogen and oxygen atoms in total. The van der Waals surface area contributed by atoms with Gasteiger partial charge in [-0.05, 0) is 42.8 Å². The first-order chi connectivity index (χ1) is 9.20. The highest BCUT2D eigenvalue weighted by molar-refractivity contribution is 5.39. The molecule has 0 saturated heterocycles. The Labute approximate surface area is 113 Å². The molecule has 2 N–H and O–H groups in total. The number of pyridine rings is 1. The second-order valence-corrected chi connectivity index (χ2v) is 4.38. The van der Waals surface area contributed by atoms with Crippen LogP contribution in [0, 0.1) is 0 Å². The molecule has 2 aromatic rings. The molecule has 0 aliphatic rings. The summed E-state index contributed by atoms with van der Waals surface area (Å²) >= 11 is 0. The molecule has 0 amide bonds. The van der Waals surface area contributed by atoms with Crippen molar-refractivity contribution in [1.82, 2.24) is 10.3 Å². The zero-order valence-corrected chi connectivity index (χ0v) is 11.1. The molecular formula is C15H18N2O2. The summed E-state index contributed by atoms with van der Waals surface area (Å²) in [5, 5.41) is 13.2. The van der Waals surface area contributed by atoms with Crippen LogP contribution in [0.2, 0.25) is 0 Å². The molecule has 1 aromatic carbocycles. The number of phenols is 1. The van der Waals surface area contributed by atoms with Crippen LogP contribution in [-0.2, 0) is 6.54 Å². The van der Waals surface area contributed by atoms with Gasteiger partial charge in [0, 0.05) is 30.5 Å². The number of aromatic hydroxyl groups is 1. The van der Waals surface area contributed by atoms with Crippen LogP contribution in [0.5, 0.6) is 11.5 Å². The van der Waals surface area contributed by atoms with Crippen LogP contribution in [0.1, 0.15) is 24.1 Å². The van der Waals surface area contributed by atoms with Crippen LogP contribution in [-0.4, -0.2) is 17.2 Å². The van der Waals surface area contributed by atoms with Gasteiger partial charge in [-0.3, -0.25) is 4.98 Å². The minimum atomic E-state index is 0.189. The Balaban J connectivity index is 2.02. The van der Waals surface area contributed by atoms with E-state index in [0.717, 1.165) is 16.9 Å². The number of methoxy groups -OCH3 is 1. The molecule has 4 heteroatoms. The average molecular weight is 258 g/mol. The van der Waals surface area contributed by atoms with Gasteiger partial charge < -0.3 is 15.2 Å². The van der Waals surface area contributed by atoms with E-state index >= 15 is 0 Å². The zero-order valence-electron chi connectivity index (χ0n) is 11.1. The molecule has 100 valence electrons. The maximum Gasteiger partial charge on any atom is 0.120 e. The van der Waals surface area contributed by atoms with E-state index in [-0.39, 0.29) is 11.8 Å². The van der Waals surface area contributed by atoms with Crippen LogP contribution < -0.4 is 10.1 Å². The highest BCUT2D eigenvalue weighted by atomic mass is 16.5. The standard InChI is InChI=1S/C15H18N2O2/c1-11(12-5-7-16-8-6-12)17-10-13-9-14(19-2)3-4-15(13)18/h3-9,11,17-18H,10H2,1-2H3/t11-/m0/s1. The van der Waals surface area contributed by atoms with E-state index in [1.807, 2.05) is 18.2 Å². The molecule has 1 atom stereocenters. The van der Waals surface area contributed by atoms with Gasteiger partial charge in [0.1, 0.15) is 11.5 Å². The zero-order chi connectivity index (χ0) is 13.7. The summed E-state index contributed by atoms with van der Waals surface area (Å²) in [6.45, 7) is 2.65. The maximum absolute atomic E-state index is 9.81. The van der Waals surface area contributed by atoms with E-state index in [9.17, 15) is 5.11 Å². The van der Waals surface area contributed by atoms with Crippen LogP contribution in [0.15, 0.2) is 42.7 Å². The number of nitrogens with zero attached hydrogens (tertiary/aromatic N) is 1. The second kappa shape index (κ2) is 6.20. The van der Waals surface area contributed by atoms with Crippen molar-refractivity contribution in [2.75, 3.05) is 7.11 Å². The number of hydrogen-bond donors (Lipinski definition) is 2. The quantitative estimate of drug-likeness (QED) is 0.865. The fourth-order valence-corrected chi connectivity index (χ4v) is 1.86. The lowest BCUT2D eigenvalue weighted by Gasteiger charge is -2.15. The van der Waals surface area contributed by atoms with E-state index in [4.69, 9.17) is 4.74 Å². The average Bonchev–Trinajstić information content (AvgIpc) is 2.47. The SMILES string of the molecule is COc1ccc(O)c(CN[C@@H](C)c2ccncc2)c1. The fourth-order valence-electron chi connectivity index (χ4n) is 1.86. The predicted molar refractivity (Wildman–Crippen MR) is 74.2 cm³/mol. The van der Waals surface area contributed by atoms with Crippen LogP contribution in [0.25, 0.3) is 0 Å². The number of phenolic OH excluding ortho intramolecular Hbond substituents is 1. The Hall–Kier alpha value is -2.07. The first-order valence-corrected chi connectivity index (χ1v) is 6.20. The Morgan fingerprint density at radius 2 is 2.00 bits per heavy atom. The van der Waals surface area contributed by atoms with Crippen molar-refractivity contribution in [3.8, 4) is 11.5 Å². The third-order valence-electron chi connectivity index (χ3n) is 3.09. The van der Waals surface area contributed by atoms with E-state index in [2.05, 4.69) is 17.2 Å². The first-order valence-electron chi connectivity index (χ1n) is 6.20. The molecule has 0 saturated carbocycles. The molecule has 1 heterocycles. The van der Waals surface area contributed by atoms with Crippen molar-refractivity contribution in [2.24, 2.45) is 0 Å². The first kappa shape index (κ1) is 13.4. The molecule has 0 aliphatic heterocycles. The Morgan fingerprint density at radius 3 is 2.68 bits per heavy atom. The molecule has 0 bridgehead atoms. The summed E-state index contributed by atoms with van der Waals surface area (Å²) in [4.78, 5) is 4.00. The summed E-state index contributed by atoms with van der Waals surface area (Å²) in [5.41, 5.74) is 1.98. The van der Waals surface area contributed by atoms with Crippen LogP contribution in [0.4, 0.5) is 0 Å². The van der Waals surface area contributed by atoms with Gasteiger partial charge >= 0.3 is 0 Å². The summed E-state index contributed by atoms with van der Waals surface area (Å²) in [5.74, 6) is 1.02. The molecule has 0 spiro atoms. The molecule has 2 rings (SSSR count). The highest BCUT2D eigenvalue weighted by Gasteiger charge is 2.07. The van der Waals surface area contributed by atoms with E-state index in [1.54, 1.807) is 31.6 Å². The number of ether oxygens (including phenoxy) is 1. The largest absolute Gasteiger partial charge is 0.508 e. The van der Waals surface area contributed by atoms with Crippen molar-refractivity contribution >= 4 is 0 Å². The molecule has 0 unspecified atom stereocenters. The van der Waals surface area contributed by atoms with Gasteiger partial charge in [-0.1, -0.05) is 0 Å². The molecular weight excluding hydrogens is 240 g/mol. The summed E-state index contributed by atoms with van der Waals surface area (Å²) in [6, 6.07) is 9.36. The van der Waals surface area contributed by atoms with Crippen LogP contribution >= 0.6 is 0 Å². The van der Waals surface area contributed by atoms with Crippen molar-refractivity contribution < 1.29 is 9.84 Å². The lowest BCUT2D eigenvalue weighted by atomic mass is 10.1. The van der Waals surface area contributed by atoms with E-state index < -0.39 is 0 Å². The molecule has 1 aromatic heterocycles. The smallest absolute Gasteiger partial charge is 0.120 e. The summed E-state index contributed by atoms with van der Waals surface area (Å²) < 4.78 is 5.15. The number of benzene rings is 1. The predicted octanol–water partition coefficient (Wildman–Crippen LogP) is 2.65. The van der Waals surface area contributed by atoms with Gasteiger partial charge in [-0.25, -0.2) is 0 Å². The van der Waals surface area contributed by atoms with E-state index in [0.29, 0.717) is 6.54 Å². The third kappa shape index (κ3) is 3.45. The number of aromatic nitrogens is 1. The molecule has 0 aliphatic carbocycles. The molecule has 19 heavy (non-hydrogen) atoms. The number of hydrogen-bond acceptors (Lipinski definition) is 4. The molecule has 0 radical (unpaired) electrons. The third-order valence-corrected chi connectivity index (χ3v) is 3.09. The van der Waals surface area contributed by atoms with Gasteiger partial charge in [0.05, 0.1) is 7.11 Å². The summed E-state index contributed by atoms with van der Waals surface area (Å²) in [6.07, 6.45) is 3.55. The van der Waals surface area contributed by atoms with Gasteiger partial charge in [0.15, 0.2) is 0 Å². The lowest BCUT2D eigenvalue weighted by molar-refractivity contribution is 0.409. The van der Waals surface area contributed by atoms with Crippen molar-refractivity contribution in [2.45, 2.75) is 19.5 Å². The van der Waals surface area contributed by atoms with Crippen molar-refractivity contribution in [3.63, 3.8) is 0 Å². The van der Waals surface area contributed by atoms with Crippen molar-refractivity contribution in [3.05, 3.63) is 53.9 Å². The topological polar surface area (TPSA) is 54.4 Å². The Kier molecular flexibility index (Phi) is 4.36. The Bertz CT molecular complexity index is 529. The van der Waals surface area contributed by atoms with Gasteiger partial charge in [0.25, 0.3) is 0 Å². The van der Waals surface area contributed by atoms with Crippen molar-refractivity contribution in [1.29, 1.82) is 0 Å². The number of rotatable bonds is 5. The molecule has 0 fully saturated rings. The minimum absolute atomic E-state index is 0.189. The minimum Gasteiger partial charge on any atom is -0.508 e. The second-order valence-electron chi connectivity index (χ2n) is 4.38. The maximum atomic E-state index is 9.81. The lowest BCUT2D eigenvalue weighted by Crippen LogP contribution is -2.18. The summed E-state index contributed by atoms with van der Waals surface area (Å²) in [7, 11) is 1.61. The highest BCUT2D eigenvalue weighted by Crippen LogP contribution is 2.23. The van der Waals surface area contributed by atoms with E-state index in [1.165, 1.54) is 0 Å². The Morgan fingerprint density at radius 1 is 1.26 bits per heavy atom. The van der Waals surface area contributed by atoms with Gasteiger partial charge in [-0.15, -0.1) is 0 Å². The van der Waals surface area contributed by atoms with Gasteiger partial charge in [0.2, 0.25) is 0 Å². The normalized spacial score (nSPS) is 12.1. The van der Waals surface area contributed by atoms with Gasteiger partial charge in [-0.2, -0.15) is 0 Å². The fraction of sp³-hybridized carbons (Fsp3) is 0.267. The number of nitrogens with one attached hydrogen (secondary N) is 1.